The number of rotatable bonds is 8. The highest BCUT2D eigenvalue weighted by Crippen LogP contribution is 2.50. The molecule has 0 bridgehead atoms. The summed E-state index contributed by atoms with van der Waals surface area (Å²) in [5.41, 5.74) is 4.76. The van der Waals surface area contributed by atoms with Crippen molar-refractivity contribution in [3.05, 3.63) is 98.2 Å². The van der Waals surface area contributed by atoms with Crippen LogP contribution in [0, 0.1) is 17.8 Å². The van der Waals surface area contributed by atoms with Crippen molar-refractivity contribution in [1.29, 1.82) is 0 Å². The summed E-state index contributed by atoms with van der Waals surface area (Å²) in [6, 6.07) is 18.8. The summed E-state index contributed by atoms with van der Waals surface area (Å²) < 4.78 is 6.31. The maximum absolute atomic E-state index is 13.6. The summed E-state index contributed by atoms with van der Waals surface area (Å²) in [7, 11) is 0. The summed E-state index contributed by atoms with van der Waals surface area (Å²) in [5, 5.41) is 22.5. The summed E-state index contributed by atoms with van der Waals surface area (Å²) in [4.78, 5) is 29.3. The molecule has 2 N–H and O–H groups in total. The molecule has 3 heterocycles. The van der Waals surface area contributed by atoms with Crippen molar-refractivity contribution in [2.75, 3.05) is 13.2 Å². The topological polar surface area (TPSA) is 87.1 Å². The van der Waals surface area contributed by atoms with E-state index in [4.69, 9.17) is 16.3 Å². The minimum absolute atomic E-state index is 0.113. The molecule has 3 aliphatic rings. The van der Waals surface area contributed by atoms with Crippen LogP contribution in [-0.4, -0.2) is 46.2 Å². The van der Waals surface area contributed by atoms with E-state index in [1.807, 2.05) is 53.9 Å². The van der Waals surface area contributed by atoms with Crippen molar-refractivity contribution < 1.29 is 24.5 Å². The van der Waals surface area contributed by atoms with Gasteiger partial charge in [0.25, 0.3) is 0 Å². The Hall–Kier alpha value is -3.23. The molecule has 1 aliphatic carbocycles. The molecule has 2 aromatic carbocycles. The van der Waals surface area contributed by atoms with Crippen molar-refractivity contribution in [2.24, 2.45) is 17.8 Å². The lowest BCUT2D eigenvalue weighted by Gasteiger charge is -2.31. The predicted molar refractivity (Wildman–Crippen MR) is 155 cm³/mol. The molecule has 2 saturated heterocycles. The first-order chi connectivity index (χ1) is 19.4. The molecule has 2 amide bonds. The summed E-state index contributed by atoms with van der Waals surface area (Å²) in [6.07, 6.45) is 3.51. The standard InChI is InChI=1S/C32H30ClNO5S/c33-27-15-23(36)10-8-21(27)13-20(19-5-2-1-3-6-19)9-11-28-29-22(17-35)14-25-30(26(29)18-39-28)32(38)34(31(25)37)16-24-7-4-12-40-24/h1-8,10,12-13,15,25-26,28,30,35-36H,9,11,14,16-18H2/b20-13-/t25-,26+,28-,30-/m1/s1. The Bertz CT molecular complexity index is 1480. The minimum atomic E-state index is -0.442. The Kier molecular flexibility index (Phi) is 7.64. The quantitative estimate of drug-likeness (QED) is 0.197. The number of carbonyl (C=O) groups excluding carboxylic acids is 2. The number of amides is 2. The molecule has 206 valence electrons. The number of thiophene rings is 1. The lowest BCUT2D eigenvalue weighted by molar-refractivity contribution is -0.140. The number of phenols is 1. The third-order valence-corrected chi connectivity index (χ3v) is 9.51. The second-order valence-corrected chi connectivity index (χ2v) is 12.0. The number of aromatic hydroxyl groups is 1. The molecule has 0 unspecified atom stereocenters. The molecule has 3 aromatic rings. The van der Waals surface area contributed by atoms with E-state index in [1.54, 1.807) is 12.1 Å². The van der Waals surface area contributed by atoms with Gasteiger partial charge in [-0.15, -0.1) is 11.3 Å². The number of hydrogen-bond acceptors (Lipinski definition) is 6. The highest BCUT2D eigenvalue weighted by Gasteiger charge is 2.56. The third-order valence-electron chi connectivity index (χ3n) is 8.32. The van der Waals surface area contributed by atoms with Gasteiger partial charge in [-0.2, -0.15) is 0 Å². The zero-order valence-corrected chi connectivity index (χ0v) is 23.4. The molecule has 0 radical (unpaired) electrons. The third kappa shape index (κ3) is 5.03. The van der Waals surface area contributed by atoms with Crippen LogP contribution in [0.2, 0.25) is 5.02 Å². The lowest BCUT2D eigenvalue weighted by Crippen LogP contribution is -2.34. The van der Waals surface area contributed by atoms with Gasteiger partial charge in [0.05, 0.1) is 42.7 Å². The van der Waals surface area contributed by atoms with Gasteiger partial charge >= 0.3 is 0 Å². The van der Waals surface area contributed by atoms with Crippen LogP contribution in [0.3, 0.4) is 0 Å². The number of ether oxygens (including phenoxy) is 1. The first-order valence-electron chi connectivity index (χ1n) is 13.5. The lowest BCUT2D eigenvalue weighted by atomic mass is 9.69. The zero-order valence-electron chi connectivity index (χ0n) is 21.8. The van der Waals surface area contributed by atoms with Crippen LogP contribution >= 0.6 is 22.9 Å². The molecule has 0 saturated carbocycles. The molecule has 8 heteroatoms. The van der Waals surface area contributed by atoms with E-state index < -0.39 is 11.8 Å². The van der Waals surface area contributed by atoms with E-state index >= 15 is 0 Å². The normalized spacial score (nSPS) is 24.6. The van der Waals surface area contributed by atoms with Gasteiger partial charge in [-0.3, -0.25) is 14.5 Å². The number of halogens is 1. The number of allylic oxidation sites excluding steroid dienone is 1. The van der Waals surface area contributed by atoms with E-state index in [0.29, 0.717) is 37.4 Å². The van der Waals surface area contributed by atoms with Crippen LogP contribution in [0.15, 0.2) is 77.2 Å². The van der Waals surface area contributed by atoms with Crippen molar-refractivity contribution in [3.63, 3.8) is 0 Å². The summed E-state index contributed by atoms with van der Waals surface area (Å²) >= 11 is 7.96. The number of likely N-dealkylation sites (tertiary alicyclic amines) is 1. The molecule has 6 nitrogen and oxygen atoms in total. The number of nitrogens with zero attached hydrogens (tertiary/aromatic N) is 1. The SMILES string of the molecule is O=C1[C@@H]2[C@@H](CC(CO)=C3[C@@H](CC/C(=C/c4ccc(O)cc4Cl)c4ccccc4)OC[C@@H]32)C(=O)N1Cc1cccs1. The van der Waals surface area contributed by atoms with Crippen LogP contribution in [0.1, 0.15) is 35.3 Å². The molecule has 2 fully saturated rings. The predicted octanol–water partition coefficient (Wildman–Crippen LogP) is 5.94. The van der Waals surface area contributed by atoms with Crippen LogP contribution in [0.5, 0.6) is 5.75 Å². The molecule has 40 heavy (non-hydrogen) atoms. The largest absolute Gasteiger partial charge is 0.508 e. The van der Waals surface area contributed by atoms with Gasteiger partial charge in [0.2, 0.25) is 11.8 Å². The van der Waals surface area contributed by atoms with Gasteiger partial charge in [0, 0.05) is 10.8 Å². The Morgan fingerprint density at radius 2 is 1.90 bits per heavy atom. The average Bonchev–Trinajstić information content (AvgIpc) is 3.69. The van der Waals surface area contributed by atoms with E-state index in [9.17, 15) is 19.8 Å². The van der Waals surface area contributed by atoms with Gasteiger partial charge in [-0.05, 0) is 82.8 Å². The molecular weight excluding hydrogens is 546 g/mol. The summed E-state index contributed by atoms with van der Waals surface area (Å²) in [5.74, 6) is -1.24. The van der Waals surface area contributed by atoms with E-state index in [0.717, 1.165) is 32.7 Å². The highest BCUT2D eigenvalue weighted by molar-refractivity contribution is 7.09. The first kappa shape index (κ1) is 27.0. The number of phenolic OH excluding ortho intramolecular Hbond substituents is 1. The number of carbonyl (C=O) groups is 2. The maximum Gasteiger partial charge on any atom is 0.234 e. The molecule has 1 aromatic heterocycles. The molecule has 2 aliphatic heterocycles. The Morgan fingerprint density at radius 1 is 1.07 bits per heavy atom. The van der Waals surface area contributed by atoms with Crippen molar-refractivity contribution in [3.8, 4) is 5.75 Å². The molecule has 0 spiro atoms. The van der Waals surface area contributed by atoms with Crippen LogP contribution in [0.25, 0.3) is 11.6 Å². The molecule has 4 atom stereocenters. The Labute approximate surface area is 242 Å². The van der Waals surface area contributed by atoms with Crippen LogP contribution in [-0.2, 0) is 20.9 Å². The fourth-order valence-electron chi connectivity index (χ4n) is 6.46. The number of hydrogen-bond donors (Lipinski definition) is 2. The van der Waals surface area contributed by atoms with Crippen LogP contribution < -0.4 is 0 Å². The number of fused-ring (bicyclic) bond motifs is 3. The minimum Gasteiger partial charge on any atom is -0.508 e. The van der Waals surface area contributed by atoms with Crippen molar-refractivity contribution >= 4 is 46.4 Å². The van der Waals surface area contributed by atoms with Gasteiger partial charge in [0.15, 0.2) is 0 Å². The number of imide groups is 1. The number of benzene rings is 2. The fourth-order valence-corrected chi connectivity index (χ4v) is 7.38. The second kappa shape index (κ2) is 11.3. The van der Waals surface area contributed by atoms with E-state index in [-0.39, 0.29) is 36.2 Å². The monoisotopic (exact) mass is 575 g/mol. The molecule has 6 rings (SSSR count). The Balaban J connectivity index is 1.25. The smallest absolute Gasteiger partial charge is 0.234 e. The second-order valence-electron chi connectivity index (χ2n) is 10.6. The number of aliphatic hydroxyl groups excluding tert-OH is 1. The summed E-state index contributed by atoms with van der Waals surface area (Å²) in [6.45, 7) is 0.519. The first-order valence-corrected chi connectivity index (χ1v) is 14.8. The Morgan fingerprint density at radius 3 is 2.62 bits per heavy atom. The molecular formula is C32H30ClNO5S. The van der Waals surface area contributed by atoms with Crippen molar-refractivity contribution in [1.82, 2.24) is 4.90 Å². The van der Waals surface area contributed by atoms with E-state index in [1.165, 1.54) is 22.3 Å². The van der Waals surface area contributed by atoms with Crippen LogP contribution in [0.4, 0.5) is 0 Å². The average molecular weight is 576 g/mol. The zero-order chi connectivity index (χ0) is 27.8. The fraction of sp³-hybridized carbons (Fsp3) is 0.312. The van der Waals surface area contributed by atoms with Gasteiger partial charge in [-0.25, -0.2) is 0 Å². The van der Waals surface area contributed by atoms with Gasteiger partial charge in [0.1, 0.15) is 5.75 Å². The van der Waals surface area contributed by atoms with Gasteiger partial charge in [-0.1, -0.05) is 48.0 Å². The van der Waals surface area contributed by atoms with E-state index in [2.05, 4.69) is 0 Å². The van der Waals surface area contributed by atoms with Gasteiger partial charge < -0.3 is 14.9 Å². The maximum atomic E-state index is 13.6. The number of aliphatic hydroxyl groups is 1. The highest BCUT2D eigenvalue weighted by atomic mass is 35.5. The van der Waals surface area contributed by atoms with Crippen molar-refractivity contribution in [2.45, 2.75) is 31.9 Å².